The summed E-state index contributed by atoms with van der Waals surface area (Å²) in [5.41, 5.74) is 3.23. The minimum Gasteiger partial charge on any atom is -0.484 e. The monoisotopic (exact) mass is 330 g/mol. The molecule has 0 aliphatic rings. The number of thiazole rings is 1. The predicted molar refractivity (Wildman–Crippen MR) is 90.4 cm³/mol. The van der Waals surface area contributed by atoms with Gasteiger partial charge in [-0.15, -0.1) is 5.10 Å². The van der Waals surface area contributed by atoms with Crippen LogP contribution in [0.25, 0.3) is 4.96 Å². The summed E-state index contributed by atoms with van der Waals surface area (Å²) in [5, 5.41) is 6.95. The molecule has 0 aliphatic heterocycles. The van der Waals surface area contributed by atoms with E-state index in [9.17, 15) is 4.79 Å². The summed E-state index contributed by atoms with van der Waals surface area (Å²) in [6.45, 7) is 7.90. The highest BCUT2D eigenvalue weighted by molar-refractivity contribution is 7.17. The number of nitrogens with zero attached hydrogens (tertiary/aromatic N) is 3. The van der Waals surface area contributed by atoms with Crippen LogP contribution in [0.1, 0.15) is 21.7 Å². The smallest absolute Gasteiger partial charge is 0.264 e. The van der Waals surface area contributed by atoms with Gasteiger partial charge >= 0.3 is 0 Å². The number of hydrogen-bond donors (Lipinski definition) is 1. The molecule has 1 N–H and O–H groups in total. The van der Waals surface area contributed by atoms with Crippen LogP contribution in [-0.2, 0) is 4.79 Å². The number of hydrogen-bond acceptors (Lipinski definition) is 5. The Morgan fingerprint density at radius 2 is 1.91 bits per heavy atom. The van der Waals surface area contributed by atoms with Crippen LogP contribution in [0.3, 0.4) is 0 Å². The summed E-state index contributed by atoms with van der Waals surface area (Å²) in [4.78, 5) is 18.2. The zero-order valence-corrected chi connectivity index (χ0v) is 14.3. The summed E-state index contributed by atoms with van der Waals surface area (Å²) >= 11 is 1.55. The maximum Gasteiger partial charge on any atom is 0.264 e. The highest BCUT2D eigenvalue weighted by Crippen LogP contribution is 2.21. The van der Waals surface area contributed by atoms with Crippen molar-refractivity contribution >= 4 is 28.2 Å². The van der Waals surface area contributed by atoms with Crippen molar-refractivity contribution in [1.82, 2.24) is 14.6 Å². The molecule has 3 rings (SSSR count). The van der Waals surface area contributed by atoms with Gasteiger partial charge in [0.25, 0.3) is 11.9 Å². The second-order valence-corrected chi connectivity index (χ2v) is 6.72. The SMILES string of the molecule is Cc1cc(C)cc(OCC(=O)Nc2nc3sc(C)c(C)n3n2)c1. The average Bonchev–Trinajstić information content (AvgIpc) is 2.96. The van der Waals surface area contributed by atoms with Gasteiger partial charge in [0.2, 0.25) is 4.96 Å². The molecule has 0 saturated heterocycles. The maximum atomic E-state index is 12.0. The highest BCUT2D eigenvalue weighted by Gasteiger charge is 2.13. The van der Waals surface area contributed by atoms with Gasteiger partial charge in [0, 0.05) is 4.88 Å². The van der Waals surface area contributed by atoms with Gasteiger partial charge in [0.05, 0.1) is 5.69 Å². The zero-order valence-electron chi connectivity index (χ0n) is 13.5. The third-order valence-electron chi connectivity index (χ3n) is 3.47. The Kier molecular flexibility index (Phi) is 4.04. The highest BCUT2D eigenvalue weighted by atomic mass is 32.1. The van der Waals surface area contributed by atoms with Crippen LogP contribution < -0.4 is 10.1 Å². The van der Waals surface area contributed by atoms with Crippen LogP contribution in [-0.4, -0.2) is 27.1 Å². The number of fused-ring (bicyclic) bond motifs is 1. The lowest BCUT2D eigenvalue weighted by Gasteiger charge is -2.07. The van der Waals surface area contributed by atoms with Gasteiger partial charge < -0.3 is 4.74 Å². The minimum atomic E-state index is -0.281. The van der Waals surface area contributed by atoms with Crippen molar-refractivity contribution in [1.29, 1.82) is 0 Å². The summed E-state index contributed by atoms with van der Waals surface area (Å²) in [5.74, 6) is 0.702. The molecular weight excluding hydrogens is 312 g/mol. The zero-order chi connectivity index (χ0) is 16.6. The Labute approximate surface area is 138 Å². The minimum absolute atomic E-state index is 0.0756. The van der Waals surface area contributed by atoms with E-state index in [1.807, 2.05) is 39.8 Å². The summed E-state index contributed by atoms with van der Waals surface area (Å²) < 4.78 is 7.26. The number of aromatic nitrogens is 3. The first-order valence-corrected chi connectivity index (χ1v) is 8.08. The molecule has 3 aromatic rings. The van der Waals surface area contributed by atoms with Gasteiger partial charge in [0.1, 0.15) is 5.75 Å². The number of rotatable bonds is 4. The van der Waals surface area contributed by atoms with E-state index in [0.29, 0.717) is 11.7 Å². The molecule has 0 aliphatic carbocycles. The molecule has 0 saturated carbocycles. The first kappa shape index (κ1) is 15.5. The number of carbonyl (C=O) groups excluding carboxylic acids is 1. The Morgan fingerprint density at radius 3 is 2.57 bits per heavy atom. The normalized spacial score (nSPS) is 11.0. The Hall–Kier alpha value is -2.41. The largest absolute Gasteiger partial charge is 0.484 e. The number of ether oxygens (including phenoxy) is 1. The standard InChI is InChI=1S/C16H18N4O2S/c1-9-5-10(2)7-13(6-9)22-8-14(21)17-15-18-16-20(19-15)11(3)12(4)23-16/h5-7H,8H2,1-4H3,(H,17,19,21). The molecule has 23 heavy (non-hydrogen) atoms. The third-order valence-corrected chi connectivity index (χ3v) is 4.51. The molecule has 0 fully saturated rings. The second kappa shape index (κ2) is 6.00. The molecule has 0 unspecified atom stereocenters. The Bertz CT molecular complexity index is 861. The molecule has 1 amide bonds. The topological polar surface area (TPSA) is 68.5 Å². The second-order valence-electron chi connectivity index (χ2n) is 5.53. The van der Waals surface area contributed by atoms with Crippen LogP contribution in [0.2, 0.25) is 0 Å². The summed E-state index contributed by atoms with van der Waals surface area (Å²) in [6.07, 6.45) is 0. The number of anilines is 1. The molecule has 0 radical (unpaired) electrons. The number of aryl methyl sites for hydroxylation is 4. The van der Waals surface area contributed by atoms with E-state index in [1.165, 1.54) is 0 Å². The van der Waals surface area contributed by atoms with E-state index in [2.05, 4.69) is 21.5 Å². The molecule has 2 aromatic heterocycles. The Balaban J connectivity index is 1.64. The van der Waals surface area contributed by atoms with Crippen molar-refractivity contribution in [2.75, 3.05) is 11.9 Å². The van der Waals surface area contributed by atoms with Crippen LogP contribution in [0.5, 0.6) is 5.75 Å². The fraction of sp³-hybridized carbons (Fsp3) is 0.312. The van der Waals surface area contributed by atoms with Crippen molar-refractivity contribution in [2.24, 2.45) is 0 Å². The lowest BCUT2D eigenvalue weighted by atomic mass is 10.1. The molecule has 0 atom stereocenters. The average molecular weight is 330 g/mol. The lowest BCUT2D eigenvalue weighted by Crippen LogP contribution is -2.21. The van der Waals surface area contributed by atoms with E-state index in [1.54, 1.807) is 15.9 Å². The number of nitrogens with one attached hydrogen (secondary N) is 1. The van der Waals surface area contributed by atoms with Crippen LogP contribution >= 0.6 is 11.3 Å². The van der Waals surface area contributed by atoms with E-state index >= 15 is 0 Å². The summed E-state index contributed by atoms with van der Waals surface area (Å²) in [7, 11) is 0. The number of carbonyl (C=O) groups is 1. The molecule has 2 heterocycles. The fourth-order valence-electron chi connectivity index (χ4n) is 2.32. The Morgan fingerprint density at radius 1 is 1.22 bits per heavy atom. The van der Waals surface area contributed by atoms with Crippen molar-refractivity contribution in [3.05, 3.63) is 39.9 Å². The third kappa shape index (κ3) is 3.34. The van der Waals surface area contributed by atoms with Gasteiger partial charge in [-0.05, 0) is 51.0 Å². The van der Waals surface area contributed by atoms with E-state index < -0.39 is 0 Å². The molecular formula is C16H18N4O2S. The van der Waals surface area contributed by atoms with E-state index in [0.717, 1.165) is 26.7 Å². The fourth-order valence-corrected chi connectivity index (χ4v) is 3.23. The summed E-state index contributed by atoms with van der Waals surface area (Å²) in [6, 6.07) is 5.85. The van der Waals surface area contributed by atoms with Gasteiger partial charge in [-0.3, -0.25) is 10.1 Å². The number of benzene rings is 1. The molecule has 1 aromatic carbocycles. The van der Waals surface area contributed by atoms with Crippen LogP contribution in [0, 0.1) is 27.7 Å². The maximum absolute atomic E-state index is 12.0. The van der Waals surface area contributed by atoms with Crippen molar-refractivity contribution in [2.45, 2.75) is 27.7 Å². The molecule has 0 bridgehead atoms. The van der Waals surface area contributed by atoms with E-state index in [-0.39, 0.29) is 12.5 Å². The van der Waals surface area contributed by atoms with E-state index in [4.69, 9.17) is 4.74 Å². The first-order chi connectivity index (χ1) is 10.9. The molecule has 120 valence electrons. The van der Waals surface area contributed by atoms with Gasteiger partial charge in [-0.25, -0.2) is 4.52 Å². The van der Waals surface area contributed by atoms with Crippen molar-refractivity contribution < 1.29 is 9.53 Å². The molecule has 6 nitrogen and oxygen atoms in total. The van der Waals surface area contributed by atoms with Gasteiger partial charge in [-0.1, -0.05) is 17.4 Å². The van der Waals surface area contributed by atoms with Crippen LogP contribution in [0.15, 0.2) is 18.2 Å². The quantitative estimate of drug-likeness (QED) is 0.798. The molecule has 7 heteroatoms. The number of amides is 1. The van der Waals surface area contributed by atoms with Crippen molar-refractivity contribution in [3.8, 4) is 5.75 Å². The molecule has 0 spiro atoms. The van der Waals surface area contributed by atoms with Crippen LogP contribution in [0.4, 0.5) is 5.95 Å². The van der Waals surface area contributed by atoms with Crippen molar-refractivity contribution in [3.63, 3.8) is 0 Å². The van der Waals surface area contributed by atoms with Gasteiger partial charge in [0.15, 0.2) is 6.61 Å². The predicted octanol–water partition coefficient (Wildman–Crippen LogP) is 3.04. The van der Waals surface area contributed by atoms with Gasteiger partial charge in [-0.2, -0.15) is 4.98 Å². The first-order valence-electron chi connectivity index (χ1n) is 7.26. The lowest BCUT2D eigenvalue weighted by molar-refractivity contribution is -0.118.